The number of carbonyl (C=O) groups is 2. The molecule has 0 aromatic heterocycles. The summed E-state index contributed by atoms with van der Waals surface area (Å²) in [6.45, 7) is 8.28. The van der Waals surface area contributed by atoms with Crippen LogP contribution >= 0.6 is 0 Å². The molecule has 4 aromatic carbocycles. The summed E-state index contributed by atoms with van der Waals surface area (Å²) in [4.78, 5) is 30.3. The van der Waals surface area contributed by atoms with Gasteiger partial charge in [-0.25, -0.2) is 0 Å². The first-order valence-corrected chi connectivity index (χ1v) is 15.3. The average molecular weight is 592 g/mol. The Morgan fingerprint density at radius 1 is 0.841 bits per heavy atom. The minimum Gasteiger partial charge on any atom is -0.461 e. The maximum atomic E-state index is 13.5. The number of aliphatic hydroxyl groups is 1. The minimum absolute atomic E-state index is 0.000101. The van der Waals surface area contributed by atoms with Gasteiger partial charge >= 0.3 is 5.97 Å². The molecule has 0 spiro atoms. The Morgan fingerprint density at radius 2 is 1.55 bits per heavy atom. The van der Waals surface area contributed by atoms with Gasteiger partial charge in [-0.05, 0) is 71.5 Å². The van der Waals surface area contributed by atoms with Gasteiger partial charge in [0, 0.05) is 44.0 Å². The van der Waals surface area contributed by atoms with Crippen molar-refractivity contribution in [1.29, 1.82) is 0 Å². The molecule has 1 aliphatic heterocycles. The molecule has 0 radical (unpaired) electrons. The number of nitrogens with one attached hydrogen (secondary N) is 1. The van der Waals surface area contributed by atoms with E-state index in [-0.39, 0.29) is 24.5 Å². The van der Waals surface area contributed by atoms with Gasteiger partial charge in [-0.3, -0.25) is 14.5 Å². The summed E-state index contributed by atoms with van der Waals surface area (Å²) in [5, 5.41) is 12.7. The van der Waals surface area contributed by atoms with E-state index in [4.69, 9.17) is 4.74 Å². The van der Waals surface area contributed by atoms with Crippen molar-refractivity contribution in [2.45, 2.75) is 39.5 Å². The zero-order valence-corrected chi connectivity index (χ0v) is 25.5. The maximum Gasteiger partial charge on any atom is 0.307 e. The van der Waals surface area contributed by atoms with Crippen LogP contribution in [0.5, 0.6) is 0 Å². The van der Waals surface area contributed by atoms with E-state index in [1.165, 1.54) is 0 Å². The quantitative estimate of drug-likeness (QED) is 0.212. The Bertz CT molecular complexity index is 1560. The van der Waals surface area contributed by atoms with Crippen molar-refractivity contribution in [3.63, 3.8) is 0 Å². The molecule has 1 saturated heterocycles. The standard InChI is InChI=1S/C37H41N3O4/c1-27-14-15-34(40-20-18-39(19-21-40)17-16-36(42)44-26-29-8-4-3-5-9-29)24-35(27)37(43)38-28(2)31-11-7-13-33(23-31)32-12-6-10-30(22-32)25-41/h3-15,22-24,28,41H,16-21,25-26H2,1-2H3,(H,38,43)/t28-/m1/s1. The molecule has 7 nitrogen and oxygen atoms in total. The number of esters is 1. The van der Waals surface area contributed by atoms with Crippen molar-refractivity contribution in [2.24, 2.45) is 0 Å². The lowest BCUT2D eigenvalue weighted by Crippen LogP contribution is -2.47. The summed E-state index contributed by atoms with van der Waals surface area (Å²) in [7, 11) is 0. The summed E-state index contributed by atoms with van der Waals surface area (Å²) in [6.07, 6.45) is 0.373. The second-order valence-electron chi connectivity index (χ2n) is 11.4. The molecule has 44 heavy (non-hydrogen) atoms. The van der Waals surface area contributed by atoms with Gasteiger partial charge in [-0.2, -0.15) is 0 Å². The third kappa shape index (κ3) is 8.13. The molecule has 228 valence electrons. The zero-order chi connectivity index (χ0) is 30.9. The Labute approximate surface area is 260 Å². The number of anilines is 1. The number of piperazine rings is 1. The lowest BCUT2D eigenvalue weighted by molar-refractivity contribution is -0.145. The molecule has 0 saturated carbocycles. The van der Waals surface area contributed by atoms with Crippen LogP contribution in [0.3, 0.4) is 0 Å². The number of ether oxygens (including phenoxy) is 1. The van der Waals surface area contributed by atoms with E-state index in [1.807, 2.05) is 98.8 Å². The van der Waals surface area contributed by atoms with E-state index in [0.717, 1.165) is 65.2 Å². The summed E-state index contributed by atoms with van der Waals surface area (Å²) < 4.78 is 5.42. The van der Waals surface area contributed by atoms with Crippen molar-refractivity contribution < 1.29 is 19.4 Å². The first kappa shape index (κ1) is 31.0. The van der Waals surface area contributed by atoms with Crippen molar-refractivity contribution in [1.82, 2.24) is 10.2 Å². The van der Waals surface area contributed by atoms with Crippen LogP contribution in [0.1, 0.15) is 52.0 Å². The van der Waals surface area contributed by atoms with Gasteiger partial charge in [0.15, 0.2) is 0 Å². The van der Waals surface area contributed by atoms with Gasteiger partial charge in [0.1, 0.15) is 6.61 Å². The van der Waals surface area contributed by atoms with Gasteiger partial charge in [0.25, 0.3) is 5.91 Å². The number of aliphatic hydroxyl groups excluding tert-OH is 1. The molecule has 1 amide bonds. The Kier molecular flexibility index (Phi) is 10.4. The monoisotopic (exact) mass is 591 g/mol. The van der Waals surface area contributed by atoms with Crippen molar-refractivity contribution >= 4 is 17.6 Å². The molecule has 2 N–H and O–H groups in total. The van der Waals surface area contributed by atoms with Crippen LogP contribution in [-0.4, -0.2) is 54.6 Å². The summed E-state index contributed by atoms with van der Waals surface area (Å²) in [6, 6.07) is 31.6. The zero-order valence-electron chi connectivity index (χ0n) is 25.5. The second-order valence-corrected chi connectivity index (χ2v) is 11.4. The fraction of sp³-hybridized carbons (Fsp3) is 0.297. The highest BCUT2D eigenvalue weighted by atomic mass is 16.5. The van der Waals surface area contributed by atoms with Crippen LogP contribution < -0.4 is 10.2 Å². The predicted molar refractivity (Wildman–Crippen MR) is 174 cm³/mol. The molecule has 0 aliphatic carbocycles. The van der Waals surface area contributed by atoms with Gasteiger partial charge < -0.3 is 20.1 Å². The number of hydrogen-bond donors (Lipinski definition) is 2. The van der Waals surface area contributed by atoms with Crippen molar-refractivity contribution in [3.05, 3.63) is 125 Å². The van der Waals surface area contributed by atoms with Gasteiger partial charge in [-0.15, -0.1) is 0 Å². The molecule has 1 atom stereocenters. The molecule has 4 aromatic rings. The van der Waals surface area contributed by atoms with Crippen LogP contribution in [0.4, 0.5) is 5.69 Å². The van der Waals surface area contributed by atoms with E-state index in [0.29, 0.717) is 25.1 Å². The molecule has 1 aliphatic rings. The lowest BCUT2D eigenvalue weighted by Gasteiger charge is -2.36. The molecular formula is C37H41N3O4. The fourth-order valence-electron chi connectivity index (χ4n) is 5.54. The lowest BCUT2D eigenvalue weighted by atomic mass is 9.98. The van der Waals surface area contributed by atoms with E-state index in [1.54, 1.807) is 0 Å². The van der Waals surface area contributed by atoms with E-state index < -0.39 is 0 Å². The Morgan fingerprint density at radius 3 is 2.30 bits per heavy atom. The summed E-state index contributed by atoms with van der Waals surface area (Å²) >= 11 is 0. The first-order valence-electron chi connectivity index (χ1n) is 15.3. The van der Waals surface area contributed by atoms with Gasteiger partial charge in [-0.1, -0.05) is 72.8 Å². The smallest absolute Gasteiger partial charge is 0.307 e. The van der Waals surface area contributed by atoms with Gasteiger partial charge in [0.05, 0.1) is 19.1 Å². The van der Waals surface area contributed by atoms with Crippen LogP contribution in [-0.2, 0) is 22.7 Å². The molecular weight excluding hydrogens is 550 g/mol. The minimum atomic E-state index is -0.186. The van der Waals surface area contributed by atoms with Crippen LogP contribution in [0.25, 0.3) is 11.1 Å². The van der Waals surface area contributed by atoms with Crippen molar-refractivity contribution in [2.75, 3.05) is 37.6 Å². The third-order valence-corrected chi connectivity index (χ3v) is 8.26. The van der Waals surface area contributed by atoms with Gasteiger partial charge in [0.2, 0.25) is 0 Å². The highest BCUT2D eigenvalue weighted by Crippen LogP contribution is 2.26. The number of aryl methyl sites for hydroxylation is 1. The molecule has 1 heterocycles. The molecule has 0 bridgehead atoms. The van der Waals surface area contributed by atoms with Crippen LogP contribution in [0, 0.1) is 6.92 Å². The average Bonchev–Trinajstić information content (AvgIpc) is 3.07. The molecule has 5 rings (SSSR count). The SMILES string of the molecule is Cc1ccc(N2CCN(CCC(=O)OCc3ccccc3)CC2)cc1C(=O)N[C@H](C)c1cccc(-c2cccc(CO)c2)c1. The second kappa shape index (κ2) is 14.8. The fourth-order valence-corrected chi connectivity index (χ4v) is 5.54. The molecule has 7 heteroatoms. The van der Waals surface area contributed by atoms with Crippen molar-refractivity contribution in [3.8, 4) is 11.1 Å². The highest BCUT2D eigenvalue weighted by Gasteiger charge is 2.21. The number of carbonyl (C=O) groups excluding carboxylic acids is 2. The molecule has 1 fully saturated rings. The van der Waals surface area contributed by atoms with E-state index in [9.17, 15) is 14.7 Å². The topological polar surface area (TPSA) is 82.1 Å². The highest BCUT2D eigenvalue weighted by molar-refractivity contribution is 5.97. The van der Waals surface area contributed by atoms with Crippen LogP contribution in [0.15, 0.2) is 97.1 Å². The molecule has 0 unspecified atom stereocenters. The third-order valence-electron chi connectivity index (χ3n) is 8.26. The maximum absolute atomic E-state index is 13.5. The van der Waals surface area contributed by atoms with E-state index >= 15 is 0 Å². The number of nitrogens with zero attached hydrogens (tertiary/aromatic N) is 2. The number of hydrogen-bond acceptors (Lipinski definition) is 6. The van der Waals surface area contributed by atoms with Crippen LogP contribution in [0.2, 0.25) is 0 Å². The number of benzene rings is 4. The Balaban J connectivity index is 1.14. The van der Waals surface area contributed by atoms with E-state index in [2.05, 4.69) is 27.2 Å². The number of rotatable bonds is 11. The first-order chi connectivity index (χ1) is 21.4. The predicted octanol–water partition coefficient (Wildman–Crippen LogP) is 5.90. The summed E-state index contributed by atoms with van der Waals surface area (Å²) in [5.41, 5.74) is 7.57. The largest absolute Gasteiger partial charge is 0.461 e. The Hall–Kier alpha value is -4.46. The summed E-state index contributed by atoms with van der Waals surface area (Å²) in [5.74, 6) is -0.278. The number of amides is 1. The normalized spacial score (nSPS) is 14.2.